The summed E-state index contributed by atoms with van der Waals surface area (Å²) in [5, 5.41) is 2.93. The maximum Gasteiger partial charge on any atom is 0.253 e. The fourth-order valence-corrected chi connectivity index (χ4v) is 2.22. The Morgan fingerprint density at radius 1 is 1.21 bits per heavy atom. The monoisotopic (exact) mass is 261 g/mol. The van der Waals surface area contributed by atoms with E-state index >= 15 is 0 Å². The topological polar surface area (TPSA) is 38.3 Å². The molecule has 1 aliphatic rings. The fraction of sp³-hybridized carbons (Fsp3) is 0.562. The summed E-state index contributed by atoms with van der Waals surface area (Å²) >= 11 is 0. The van der Waals surface area contributed by atoms with Gasteiger partial charge in [-0.1, -0.05) is 32.9 Å². The molecule has 0 radical (unpaired) electrons. The highest BCUT2D eigenvalue weighted by Gasteiger charge is 2.22. The molecule has 1 aliphatic heterocycles. The molecule has 1 aromatic carbocycles. The molecule has 1 heterocycles. The van der Waals surface area contributed by atoms with Crippen LogP contribution in [-0.4, -0.2) is 18.6 Å². The number of ether oxygens (including phenoxy) is 1. The smallest absolute Gasteiger partial charge is 0.253 e. The molecule has 3 heteroatoms. The van der Waals surface area contributed by atoms with Crippen LogP contribution >= 0.6 is 0 Å². The van der Waals surface area contributed by atoms with Crippen molar-refractivity contribution in [2.24, 2.45) is 0 Å². The summed E-state index contributed by atoms with van der Waals surface area (Å²) in [5.74, 6) is -0.0248. The van der Waals surface area contributed by atoms with Gasteiger partial charge in [-0.15, -0.1) is 0 Å². The zero-order chi connectivity index (χ0) is 13.9. The lowest BCUT2D eigenvalue weighted by molar-refractivity contribution is -0.129. The van der Waals surface area contributed by atoms with E-state index in [1.165, 1.54) is 5.56 Å². The van der Waals surface area contributed by atoms with Gasteiger partial charge in [0.2, 0.25) is 0 Å². The molecule has 0 bridgehead atoms. The molecule has 2 rings (SSSR count). The van der Waals surface area contributed by atoms with Crippen LogP contribution in [0.25, 0.3) is 0 Å². The van der Waals surface area contributed by atoms with E-state index in [4.69, 9.17) is 4.74 Å². The number of amides is 1. The predicted molar refractivity (Wildman–Crippen MR) is 77.4 cm³/mol. The van der Waals surface area contributed by atoms with Crippen LogP contribution in [0.2, 0.25) is 0 Å². The summed E-state index contributed by atoms with van der Waals surface area (Å²) in [6, 6.07) is 8.05. The van der Waals surface area contributed by atoms with E-state index in [1.807, 2.05) is 12.1 Å². The number of carbonyl (C=O) groups is 1. The predicted octanol–water partition coefficient (Wildman–Crippen LogP) is 3.49. The van der Waals surface area contributed by atoms with Gasteiger partial charge in [0.05, 0.1) is 0 Å². The summed E-state index contributed by atoms with van der Waals surface area (Å²) in [5.41, 5.74) is 2.24. The average Bonchev–Trinajstić information content (AvgIpc) is 2.39. The number of benzene rings is 1. The summed E-state index contributed by atoms with van der Waals surface area (Å²) < 4.78 is 5.48. The first-order valence-electron chi connectivity index (χ1n) is 7.00. The molecule has 1 aromatic rings. The van der Waals surface area contributed by atoms with Crippen molar-refractivity contribution in [3.05, 3.63) is 29.8 Å². The minimum Gasteiger partial charge on any atom is -0.368 e. The molecule has 3 nitrogen and oxygen atoms in total. The number of carbonyl (C=O) groups excluding carboxylic acids is 1. The van der Waals surface area contributed by atoms with Crippen molar-refractivity contribution >= 4 is 11.6 Å². The summed E-state index contributed by atoms with van der Waals surface area (Å²) in [7, 11) is 0. The standard InChI is InChI=1S/C16H23NO2/c1-16(2,3)12-7-9-13(10-8-12)17-15(18)14-6-4-5-11-19-14/h7-10,14H,4-6,11H2,1-3H3,(H,17,18). The lowest BCUT2D eigenvalue weighted by Gasteiger charge is -2.22. The van der Waals surface area contributed by atoms with Gasteiger partial charge in [-0.2, -0.15) is 0 Å². The molecule has 19 heavy (non-hydrogen) atoms. The zero-order valence-corrected chi connectivity index (χ0v) is 12.0. The first-order valence-corrected chi connectivity index (χ1v) is 7.00. The zero-order valence-electron chi connectivity index (χ0n) is 12.0. The molecule has 1 atom stereocenters. The quantitative estimate of drug-likeness (QED) is 0.885. The molecule has 1 N–H and O–H groups in total. The van der Waals surface area contributed by atoms with Gasteiger partial charge in [0.1, 0.15) is 6.10 Å². The number of nitrogens with one attached hydrogen (secondary N) is 1. The molecule has 1 saturated heterocycles. The van der Waals surface area contributed by atoms with E-state index in [1.54, 1.807) is 0 Å². The second-order valence-corrected chi connectivity index (χ2v) is 6.17. The Labute approximate surface area is 115 Å². The highest BCUT2D eigenvalue weighted by Crippen LogP contribution is 2.23. The van der Waals surface area contributed by atoms with E-state index in [0.717, 1.165) is 24.9 Å². The van der Waals surface area contributed by atoms with Gasteiger partial charge in [-0.25, -0.2) is 0 Å². The van der Waals surface area contributed by atoms with E-state index in [2.05, 4.69) is 38.2 Å². The second-order valence-electron chi connectivity index (χ2n) is 6.17. The van der Waals surface area contributed by atoms with Gasteiger partial charge in [0.15, 0.2) is 0 Å². The average molecular weight is 261 g/mol. The third-order valence-electron chi connectivity index (χ3n) is 3.49. The third-order valence-corrected chi connectivity index (χ3v) is 3.49. The van der Waals surface area contributed by atoms with Crippen molar-refractivity contribution in [2.45, 2.75) is 51.6 Å². The second kappa shape index (κ2) is 5.74. The van der Waals surface area contributed by atoms with E-state index in [-0.39, 0.29) is 17.4 Å². The minimum absolute atomic E-state index is 0.0248. The Morgan fingerprint density at radius 3 is 2.42 bits per heavy atom. The van der Waals surface area contributed by atoms with Crippen LogP contribution in [0.5, 0.6) is 0 Å². The molecule has 0 aliphatic carbocycles. The molecule has 0 aromatic heterocycles. The molecule has 104 valence electrons. The van der Waals surface area contributed by atoms with Crippen molar-refractivity contribution < 1.29 is 9.53 Å². The van der Waals surface area contributed by atoms with E-state index in [9.17, 15) is 4.79 Å². The van der Waals surface area contributed by atoms with Crippen molar-refractivity contribution in [2.75, 3.05) is 11.9 Å². The molecule has 1 unspecified atom stereocenters. The van der Waals surface area contributed by atoms with Crippen LogP contribution in [0.15, 0.2) is 24.3 Å². The number of hydrogen-bond donors (Lipinski definition) is 1. The molecular weight excluding hydrogens is 238 g/mol. The molecule has 1 fully saturated rings. The highest BCUT2D eigenvalue weighted by molar-refractivity contribution is 5.94. The van der Waals surface area contributed by atoms with Crippen LogP contribution in [0, 0.1) is 0 Å². The van der Waals surface area contributed by atoms with Gasteiger partial charge in [-0.3, -0.25) is 4.79 Å². The Bertz CT molecular complexity index is 425. The van der Waals surface area contributed by atoms with Gasteiger partial charge in [0, 0.05) is 12.3 Å². The SMILES string of the molecule is CC(C)(C)c1ccc(NC(=O)C2CCCCO2)cc1. The Balaban J connectivity index is 1.97. The van der Waals surface area contributed by atoms with Gasteiger partial charge < -0.3 is 10.1 Å². The largest absolute Gasteiger partial charge is 0.368 e. The van der Waals surface area contributed by atoms with Crippen LogP contribution in [0.4, 0.5) is 5.69 Å². The van der Waals surface area contributed by atoms with Crippen LogP contribution in [0.1, 0.15) is 45.6 Å². The number of hydrogen-bond acceptors (Lipinski definition) is 2. The van der Waals surface area contributed by atoms with Gasteiger partial charge in [0.25, 0.3) is 5.91 Å². The number of rotatable bonds is 2. The third kappa shape index (κ3) is 3.80. The lowest BCUT2D eigenvalue weighted by Crippen LogP contribution is -2.33. The van der Waals surface area contributed by atoms with Crippen molar-refractivity contribution in [3.8, 4) is 0 Å². The number of anilines is 1. The fourth-order valence-electron chi connectivity index (χ4n) is 2.22. The van der Waals surface area contributed by atoms with Crippen LogP contribution in [-0.2, 0) is 14.9 Å². The van der Waals surface area contributed by atoms with Gasteiger partial charge >= 0.3 is 0 Å². The normalized spacial score (nSPS) is 20.1. The van der Waals surface area contributed by atoms with Crippen LogP contribution < -0.4 is 5.32 Å². The molecule has 0 spiro atoms. The van der Waals surface area contributed by atoms with Gasteiger partial charge in [-0.05, 0) is 42.4 Å². The molecule has 0 saturated carbocycles. The Kier molecular flexibility index (Phi) is 4.25. The first kappa shape index (κ1) is 14.1. The van der Waals surface area contributed by atoms with Crippen LogP contribution in [0.3, 0.4) is 0 Å². The van der Waals surface area contributed by atoms with E-state index < -0.39 is 0 Å². The van der Waals surface area contributed by atoms with Crippen molar-refractivity contribution in [3.63, 3.8) is 0 Å². The highest BCUT2D eigenvalue weighted by atomic mass is 16.5. The summed E-state index contributed by atoms with van der Waals surface area (Å²) in [6.45, 7) is 7.23. The summed E-state index contributed by atoms with van der Waals surface area (Å²) in [6.07, 6.45) is 2.67. The van der Waals surface area contributed by atoms with Crippen molar-refractivity contribution in [1.82, 2.24) is 0 Å². The molecule has 1 amide bonds. The Morgan fingerprint density at radius 2 is 1.89 bits per heavy atom. The lowest BCUT2D eigenvalue weighted by atomic mass is 9.87. The van der Waals surface area contributed by atoms with E-state index in [0.29, 0.717) is 6.61 Å². The van der Waals surface area contributed by atoms with Crippen molar-refractivity contribution in [1.29, 1.82) is 0 Å². The summed E-state index contributed by atoms with van der Waals surface area (Å²) in [4.78, 5) is 12.0. The Hall–Kier alpha value is -1.35. The maximum absolute atomic E-state index is 12.0. The maximum atomic E-state index is 12.0. The minimum atomic E-state index is -0.281. The first-order chi connectivity index (χ1) is 8.97. The molecular formula is C16H23NO2.